The Morgan fingerprint density at radius 1 is 1.24 bits per heavy atom. The molecule has 0 saturated heterocycles. The van der Waals surface area contributed by atoms with E-state index in [-0.39, 0.29) is 11.6 Å². The second-order valence-electron chi connectivity index (χ2n) is 4.32. The molecule has 2 aromatic heterocycles. The van der Waals surface area contributed by atoms with Crippen molar-refractivity contribution >= 4 is 37.3 Å². The van der Waals surface area contributed by atoms with Crippen molar-refractivity contribution in [2.75, 3.05) is 6.54 Å². The van der Waals surface area contributed by atoms with Gasteiger partial charge in [0, 0.05) is 24.2 Å². The molecule has 2 aromatic rings. The fraction of sp³-hybridized carbons (Fsp3) is 0.308. The van der Waals surface area contributed by atoms with Gasteiger partial charge in [-0.25, -0.2) is 18.1 Å². The summed E-state index contributed by atoms with van der Waals surface area (Å²) in [6.07, 6.45) is 1.58. The first-order valence-electron chi connectivity index (χ1n) is 6.41. The van der Waals surface area contributed by atoms with Crippen LogP contribution in [0, 0.1) is 0 Å². The smallest absolute Gasteiger partial charge is 0.258 e. The van der Waals surface area contributed by atoms with E-state index in [9.17, 15) is 8.42 Å². The van der Waals surface area contributed by atoms with Crippen molar-refractivity contribution < 1.29 is 8.42 Å². The molecule has 2 heterocycles. The Bertz CT molecular complexity index is 684. The van der Waals surface area contributed by atoms with Crippen molar-refractivity contribution in [3.63, 3.8) is 0 Å². The number of hydrogen-bond acceptors (Lipinski definition) is 5. The van der Waals surface area contributed by atoms with E-state index in [0.29, 0.717) is 6.54 Å². The molecule has 0 saturated carbocycles. The van der Waals surface area contributed by atoms with Crippen LogP contribution >= 0.6 is 27.3 Å². The summed E-state index contributed by atoms with van der Waals surface area (Å²) >= 11 is 4.85. The fourth-order valence-corrected chi connectivity index (χ4v) is 4.08. The molecule has 0 amide bonds. The molecule has 8 heteroatoms. The molecule has 0 bridgehead atoms. The maximum Gasteiger partial charge on any atom is 0.258 e. The first-order chi connectivity index (χ1) is 10.0. The zero-order valence-electron chi connectivity index (χ0n) is 11.5. The predicted octanol–water partition coefficient (Wildman–Crippen LogP) is 2.49. The highest BCUT2D eigenvalue weighted by Crippen LogP contribution is 2.22. The largest absolute Gasteiger partial charge is 0.313 e. The van der Waals surface area contributed by atoms with E-state index in [2.05, 4.69) is 31.0 Å². The van der Waals surface area contributed by atoms with Crippen LogP contribution in [-0.4, -0.2) is 19.9 Å². The highest BCUT2D eigenvalue weighted by molar-refractivity contribution is 9.11. The van der Waals surface area contributed by atoms with Gasteiger partial charge >= 0.3 is 0 Å². The molecule has 114 valence electrons. The van der Waals surface area contributed by atoms with Crippen LogP contribution in [0.4, 0.5) is 0 Å². The fourth-order valence-electron chi connectivity index (χ4n) is 1.63. The molecule has 2 N–H and O–H groups in total. The average Bonchev–Trinajstić information content (AvgIpc) is 2.89. The summed E-state index contributed by atoms with van der Waals surface area (Å²) in [5.41, 5.74) is 0.956. The van der Waals surface area contributed by atoms with Crippen LogP contribution in [0.5, 0.6) is 0 Å². The van der Waals surface area contributed by atoms with E-state index >= 15 is 0 Å². The highest BCUT2D eigenvalue weighted by atomic mass is 79.9. The summed E-state index contributed by atoms with van der Waals surface area (Å²) in [5.74, 6) is 0. The number of nitrogens with zero attached hydrogens (tertiary/aromatic N) is 1. The first kappa shape index (κ1) is 16.6. The summed E-state index contributed by atoms with van der Waals surface area (Å²) in [7, 11) is -3.58. The van der Waals surface area contributed by atoms with Crippen molar-refractivity contribution in [1.29, 1.82) is 0 Å². The standard InChI is InChI=1S/C13H16BrN3O2S2/c1-2-15-7-10-3-6-13(16-8-10)21(18,19)17-9-11-4-5-12(14)20-11/h3-6,8,15,17H,2,7,9H2,1H3. The number of aromatic nitrogens is 1. The minimum Gasteiger partial charge on any atom is -0.313 e. The second-order valence-corrected chi connectivity index (χ2v) is 8.58. The summed E-state index contributed by atoms with van der Waals surface area (Å²) in [5, 5.41) is 3.20. The van der Waals surface area contributed by atoms with Gasteiger partial charge in [-0.05, 0) is 46.2 Å². The van der Waals surface area contributed by atoms with Gasteiger partial charge in [0.15, 0.2) is 5.03 Å². The molecule has 0 radical (unpaired) electrons. The highest BCUT2D eigenvalue weighted by Gasteiger charge is 2.15. The molecule has 2 rings (SSSR count). The molecule has 5 nitrogen and oxygen atoms in total. The first-order valence-corrected chi connectivity index (χ1v) is 9.50. The van der Waals surface area contributed by atoms with Gasteiger partial charge < -0.3 is 5.32 Å². The lowest BCUT2D eigenvalue weighted by Crippen LogP contribution is -2.23. The zero-order valence-corrected chi connectivity index (χ0v) is 14.7. The van der Waals surface area contributed by atoms with Crippen molar-refractivity contribution in [2.45, 2.75) is 25.0 Å². The lowest BCUT2D eigenvalue weighted by atomic mass is 10.3. The van der Waals surface area contributed by atoms with Crippen LogP contribution in [0.15, 0.2) is 39.3 Å². The van der Waals surface area contributed by atoms with Gasteiger partial charge in [-0.1, -0.05) is 13.0 Å². The molecule has 0 aliphatic carbocycles. The van der Waals surface area contributed by atoms with Crippen LogP contribution in [0.1, 0.15) is 17.4 Å². The third-order valence-corrected chi connectivity index (χ3v) is 5.66. The predicted molar refractivity (Wildman–Crippen MR) is 87.7 cm³/mol. The minimum atomic E-state index is -3.58. The van der Waals surface area contributed by atoms with E-state index in [1.807, 2.05) is 19.1 Å². The Balaban J connectivity index is 2.01. The monoisotopic (exact) mass is 389 g/mol. The van der Waals surface area contributed by atoms with Gasteiger partial charge in [-0.3, -0.25) is 0 Å². The van der Waals surface area contributed by atoms with Gasteiger partial charge in [0.1, 0.15) is 0 Å². The Kier molecular flexibility index (Phi) is 5.88. The number of nitrogens with one attached hydrogen (secondary N) is 2. The quantitative estimate of drug-likeness (QED) is 0.762. The number of thiophene rings is 1. The van der Waals surface area contributed by atoms with Crippen LogP contribution in [0.25, 0.3) is 0 Å². The van der Waals surface area contributed by atoms with Crippen molar-refractivity contribution in [3.05, 3.63) is 44.7 Å². The van der Waals surface area contributed by atoms with E-state index in [4.69, 9.17) is 0 Å². The number of sulfonamides is 1. The van der Waals surface area contributed by atoms with Gasteiger partial charge in [0.2, 0.25) is 0 Å². The molecule has 0 aromatic carbocycles. The molecular weight excluding hydrogens is 374 g/mol. The summed E-state index contributed by atoms with van der Waals surface area (Å²) in [6.45, 7) is 3.82. The van der Waals surface area contributed by atoms with Crippen LogP contribution in [-0.2, 0) is 23.1 Å². The third-order valence-electron chi connectivity index (χ3n) is 2.72. The van der Waals surface area contributed by atoms with Gasteiger partial charge in [0.05, 0.1) is 3.79 Å². The van der Waals surface area contributed by atoms with Gasteiger partial charge in [0.25, 0.3) is 10.0 Å². The summed E-state index contributed by atoms with van der Waals surface area (Å²) in [6, 6.07) is 7.07. The van der Waals surface area contributed by atoms with Crippen molar-refractivity contribution in [1.82, 2.24) is 15.0 Å². The number of halogens is 1. The lowest BCUT2D eigenvalue weighted by Gasteiger charge is -2.06. The Labute approximate surface area is 137 Å². The van der Waals surface area contributed by atoms with Crippen molar-refractivity contribution in [2.24, 2.45) is 0 Å². The SMILES string of the molecule is CCNCc1ccc(S(=O)(=O)NCc2ccc(Br)s2)nc1. The topological polar surface area (TPSA) is 71.1 Å². The molecule has 0 fully saturated rings. The molecule has 0 aliphatic rings. The number of pyridine rings is 1. The maximum absolute atomic E-state index is 12.1. The number of rotatable bonds is 7. The zero-order chi connectivity index (χ0) is 15.3. The Morgan fingerprint density at radius 2 is 2.05 bits per heavy atom. The van der Waals surface area contributed by atoms with Gasteiger partial charge in [-0.2, -0.15) is 0 Å². The molecule has 0 spiro atoms. The minimum absolute atomic E-state index is 0.0402. The van der Waals surface area contributed by atoms with Gasteiger partial charge in [-0.15, -0.1) is 11.3 Å². The third kappa shape index (κ3) is 4.86. The average molecular weight is 390 g/mol. The maximum atomic E-state index is 12.1. The van der Waals surface area contributed by atoms with E-state index < -0.39 is 10.0 Å². The molecule has 0 unspecified atom stereocenters. The Hall–Kier alpha value is -0.800. The normalized spacial score (nSPS) is 11.7. The molecular formula is C13H16BrN3O2S2. The van der Waals surface area contributed by atoms with E-state index in [1.54, 1.807) is 12.3 Å². The van der Waals surface area contributed by atoms with Crippen LogP contribution < -0.4 is 10.0 Å². The molecule has 21 heavy (non-hydrogen) atoms. The van der Waals surface area contributed by atoms with Crippen LogP contribution in [0.3, 0.4) is 0 Å². The molecule has 0 atom stereocenters. The summed E-state index contributed by atoms with van der Waals surface area (Å²) in [4.78, 5) is 4.96. The molecule has 0 aliphatic heterocycles. The summed E-state index contributed by atoms with van der Waals surface area (Å²) < 4.78 is 27.8. The Morgan fingerprint density at radius 3 is 2.62 bits per heavy atom. The van der Waals surface area contributed by atoms with E-state index in [1.165, 1.54) is 17.4 Å². The lowest BCUT2D eigenvalue weighted by molar-refractivity contribution is 0.577. The van der Waals surface area contributed by atoms with Crippen molar-refractivity contribution in [3.8, 4) is 0 Å². The van der Waals surface area contributed by atoms with Crippen LogP contribution in [0.2, 0.25) is 0 Å². The number of hydrogen-bond donors (Lipinski definition) is 2. The second kappa shape index (κ2) is 7.46. The van der Waals surface area contributed by atoms with E-state index in [0.717, 1.165) is 20.8 Å².